The molecule has 3 N–H and O–H groups in total. The Labute approximate surface area is 105 Å². The zero-order chi connectivity index (χ0) is 12.5. The molecule has 1 unspecified atom stereocenters. The third-order valence-corrected chi connectivity index (χ3v) is 3.85. The molecular weight excluding hydrogens is 208 g/mol. The average Bonchev–Trinajstić information content (AvgIpc) is 2.22. The van der Waals surface area contributed by atoms with Gasteiger partial charge in [0.05, 0.1) is 0 Å². The molecule has 0 spiro atoms. The van der Waals surface area contributed by atoms with Crippen molar-refractivity contribution in [3.63, 3.8) is 0 Å². The zero-order valence-corrected chi connectivity index (χ0v) is 11.2. The molecule has 1 atom stereocenters. The van der Waals surface area contributed by atoms with Crippen LogP contribution in [-0.4, -0.2) is 6.04 Å². The molecular formula is C15H24N2. The predicted octanol–water partition coefficient (Wildman–Crippen LogP) is 3.96. The molecule has 0 radical (unpaired) electrons. The average molecular weight is 232 g/mol. The van der Waals surface area contributed by atoms with Gasteiger partial charge in [-0.1, -0.05) is 20.3 Å². The highest BCUT2D eigenvalue weighted by Gasteiger charge is 2.27. The van der Waals surface area contributed by atoms with Crippen molar-refractivity contribution in [3.05, 3.63) is 23.8 Å². The zero-order valence-electron chi connectivity index (χ0n) is 11.2. The second-order valence-corrected chi connectivity index (χ2v) is 6.17. The highest BCUT2D eigenvalue weighted by atomic mass is 14.9. The van der Waals surface area contributed by atoms with E-state index in [4.69, 9.17) is 5.73 Å². The maximum Gasteiger partial charge on any atom is 0.0346 e. The lowest BCUT2D eigenvalue weighted by Crippen LogP contribution is -2.31. The van der Waals surface area contributed by atoms with E-state index in [-0.39, 0.29) is 0 Å². The number of nitrogens with two attached hydrogens (primary N) is 1. The van der Waals surface area contributed by atoms with Crippen LogP contribution in [0.3, 0.4) is 0 Å². The fourth-order valence-corrected chi connectivity index (χ4v) is 2.82. The summed E-state index contributed by atoms with van der Waals surface area (Å²) in [4.78, 5) is 0. The summed E-state index contributed by atoms with van der Waals surface area (Å²) < 4.78 is 0. The number of rotatable bonds is 2. The molecule has 2 heteroatoms. The van der Waals surface area contributed by atoms with E-state index in [1.54, 1.807) is 0 Å². The first-order valence-corrected chi connectivity index (χ1v) is 6.59. The van der Waals surface area contributed by atoms with E-state index in [2.05, 4.69) is 38.2 Å². The van der Waals surface area contributed by atoms with Crippen molar-refractivity contribution in [2.24, 2.45) is 5.41 Å². The first-order chi connectivity index (χ1) is 7.96. The van der Waals surface area contributed by atoms with E-state index in [1.165, 1.54) is 31.4 Å². The fourth-order valence-electron chi connectivity index (χ4n) is 2.82. The first kappa shape index (κ1) is 12.3. The minimum Gasteiger partial charge on any atom is -0.399 e. The lowest BCUT2D eigenvalue weighted by Gasteiger charge is -2.36. The van der Waals surface area contributed by atoms with Crippen LogP contribution in [0.15, 0.2) is 18.2 Å². The van der Waals surface area contributed by atoms with Crippen molar-refractivity contribution in [2.75, 3.05) is 11.1 Å². The lowest BCUT2D eigenvalue weighted by atomic mass is 9.75. The molecule has 2 rings (SSSR count). The van der Waals surface area contributed by atoms with E-state index in [0.29, 0.717) is 11.5 Å². The van der Waals surface area contributed by atoms with Gasteiger partial charge in [-0.25, -0.2) is 0 Å². The monoisotopic (exact) mass is 232 g/mol. The van der Waals surface area contributed by atoms with Crippen LogP contribution in [0.4, 0.5) is 11.4 Å². The molecule has 1 aromatic rings. The number of aryl methyl sites for hydroxylation is 1. The van der Waals surface area contributed by atoms with Gasteiger partial charge in [-0.05, 0) is 55.4 Å². The van der Waals surface area contributed by atoms with Gasteiger partial charge < -0.3 is 11.1 Å². The van der Waals surface area contributed by atoms with Crippen molar-refractivity contribution in [3.8, 4) is 0 Å². The van der Waals surface area contributed by atoms with Crippen molar-refractivity contribution >= 4 is 11.4 Å². The molecule has 0 aliphatic heterocycles. The number of anilines is 2. The third-order valence-electron chi connectivity index (χ3n) is 3.85. The van der Waals surface area contributed by atoms with Gasteiger partial charge in [0.15, 0.2) is 0 Å². The Morgan fingerprint density at radius 3 is 2.76 bits per heavy atom. The Morgan fingerprint density at radius 2 is 2.12 bits per heavy atom. The summed E-state index contributed by atoms with van der Waals surface area (Å²) in [5, 5.41) is 3.65. The van der Waals surface area contributed by atoms with Crippen LogP contribution in [-0.2, 0) is 0 Å². The van der Waals surface area contributed by atoms with Gasteiger partial charge in [-0.15, -0.1) is 0 Å². The summed E-state index contributed by atoms with van der Waals surface area (Å²) in [7, 11) is 0. The van der Waals surface area contributed by atoms with Crippen molar-refractivity contribution in [1.82, 2.24) is 0 Å². The fraction of sp³-hybridized carbons (Fsp3) is 0.600. The molecule has 2 nitrogen and oxygen atoms in total. The van der Waals surface area contributed by atoms with E-state index >= 15 is 0 Å². The van der Waals surface area contributed by atoms with Crippen LogP contribution in [0.25, 0.3) is 0 Å². The third kappa shape index (κ3) is 3.15. The van der Waals surface area contributed by atoms with E-state index in [0.717, 1.165) is 11.3 Å². The molecule has 1 aliphatic carbocycles. The highest BCUT2D eigenvalue weighted by Crippen LogP contribution is 2.36. The number of hydrogen-bond acceptors (Lipinski definition) is 2. The maximum atomic E-state index is 5.84. The van der Waals surface area contributed by atoms with Gasteiger partial charge in [0.25, 0.3) is 0 Å². The van der Waals surface area contributed by atoms with E-state index in [1.807, 2.05) is 6.07 Å². The molecule has 0 aromatic heterocycles. The molecule has 0 saturated heterocycles. The molecule has 0 bridgehead atoms. The molecule has 1 saturated carbocycles. The molecule has 0 amide bonds. The van der Waals surface area contributed by atoms with Gasteiger partial charge in [-0.2, -0.15) is 0 Å². The Morgan fingerprint density at radius 1 is 1.35 bits per heavy atom. The van der Waals surface area contributed by atoms with Gasteiger partial charge in [0, 0.05) is 17.4 Å². The Kier molecular flexibility index (Phi) is 3.32. The van der Waals surface area contributed by atoms with Gasteiger partial charge in [0.1, 0.15) is 0 Å². The van der Waals surface area contributed by atoms with Crippen LogP contribution in [0.1, 0.15) is 45.1 Å². The van der Waals surface area contributed by atoms with Crippen LogP contribution < -0.4 is 11.1 Å². The molecule has 1 aromatic carbocycles. The maximum absolute atomic E-state index is 5.84. The van der Waals surface area contributed by atoms with E-state index in [9.17, 15) is 0 Å². The SMILES string of the molecule is Cc1cc(NC2CCCC(C)(C)C2)ccc1N. The molecule has 17 heavy (non-hydrogen) atoms. The second kappa shape index (κ2) is 4.59. The Balaban J connectivity index is 2.03. The second-order valence-electron chi connectivity index (χ2n) is 6.17. The quantitative estimate of drug-likeness (QED) is 0.757. The normalized spacial score (nSPS) is 23.4. The van der Waals surface area contributed by atoms with Gasteiger partial charge in [0.2, 0.25) is 0 Å². The number of nitrogens with one attached hydrogen (secondary N) is 1. The largest absolute Gasteiger partial charge is 0.399 e. The smallest absolute Gasteiger partial charge is 0.0346 e. The van der Waals surface area contributed by atoms with Gasteiger partial charge >= 0.3 is 0 Å². The van der Waals surface area contributed by atoms with Crippen LogP contribution in [0, 0.1) is 12.3 Å². The summed E-state index contributed by atoms with van der Waals surface area (Å²) in [5.41, 5.74) is 9.56. The summed E-state index contributed by atoms with van der Waals surface area (Å²) >= 11 is 0. The molecule has 1 fully saturated rings. The number of benzene rings is 1. The standard InChI is InChI=1S/C15H24N2/c1-11-9-12(6-7-14(11)16)17-13-5-4-8-15(2,3)10-13/h6-7,9,13,17H,4-5,8,10,16H2,1-3H3. The summed E-state index contributed by atoms with van der Waals surface area (Å²) in [6.45, 7) is 6.80. The van der Waals surface area contributed by atoms with Crippen LogP contribution in [0.2, 0.25) is 0 Å². The van der Waals surface area contributed by atoms with Crippen LogP contribution >= 0.6 is 0 Å². The minimum absolute atomic E-state index is 0.485. The van der Waals surface area contributed by atoms with Gasteiger partial charge in [-0.3, -0.25) is 0 Å². The summed E-state index contributed by atoms with van der Waals surface area (Å²) in [6, 6.07) is 6.84. The first-order valence-electron chi connectivity index (χ1n) is 6.59. The predicted molar refractivity (Wildman–Crippen MR) is 75.3 cm³/mol. The lowest BCUT2D eigenvalue weighted by molar-refractivity contribution is 0.229. The molecule has 1 aliphatic rings. The molecule has 0 heterocycles. The Bertz CT molecular complexity index is 396. The van der Waals surface area contributed by atoms with Crippen molar-refractivity contribution in [2.45, 2.75) is 52.5 Å². The Hall–Kier alpha value is -1.18. The topological polar surface area (TPSA) is 38.0 Å². The summed E-state index contributed by atoms with van der Waals surface area (Å²) in [6.07, 6.45) is 5.23. The van der Waals surface area contributed by atoms with Crippen LogP contribution in [0.5, 0.6) is 0 Å². The highest BCUT2D eigenvalue weighted by molar-refractivity contribution is 5.57. The number of hydrogen-bond donors (Lipinski definition) is 2. The minimum atomic E-state index is 0.485. The number of nitrogen functional groups attached to an aromatic ring is 1. The van der Waals surface area contributed by atoms with E-state index < -0.39 is 0 Å². The molecule has 94 valence electrons. The summed E-state index contributed by atoms with van der Waals surface area (Å²) in [5.74, 6) is 0. The van der Waals surface area contributed by atoms with Crippen molar-refractivity contribution < 1.29 is 0 Å². The van der Waals surface area contributed by atoms with Crippen molar-refractivity contribution in [1.29, 1.82) is 0 Å².